The van der Waals surface area contributed by atoms with Gasteiger partial charge in [0.05, 0.1) is 13.2 Å². The number of rotatable bonds is 8. The van der Waals surface area contributed by atoms with Crippen molar-refractivity contribution in [3.8, 4) is 12.3 Å². The van der Waals surface area contributed by atoms with Crippen molar-refractivity contribution in [2.75, 3.05) is 19.7 Å². The molecular weight excluding hydrogens is 210 g/mol. The summed E-state index contributed by atoms with van der Waals surface area (Å²) in [6.07, 6.45) is 6.25. The van der Waals surface area contributed by atoms with Crippen molar-refractivity contribution in [1.82, 2.24) is 10.6 Å². The van der Waals surface area contributed by atoms with E-state index < -0.39 is 0 Å². The molecule has 0 aliphatic carbocycles. The maximum Gasteiger partial charge on any atom is 0.239 e. The Morgan fingerprint density at radius 2 is 2.06 bits per heavy atom. The largest absolute Gasteiger partial charge is 0.354 e. The fourth-order valence-electron chi connectivity index (χ4n) is 0.899. The Balaban J connectivity index is 3.43. The van der Waals surface area contributed by atoms with Gasteiger partial charge in [-0.25, -0.2) is 5.90 Å². The summed E-state index contributed by atoms with van der Waals surface area (Å²) in [7, 11) is 0. The summed E-state index contributed by atoms with van der Waals surface area (Å²) in [4.78, 5) is 26.5. The first-order chi connectivity index (χ1) is 7.70. The highest BCUT2D eigenvalue weighted by Crippen LogP contribution is 1.85. The van der Waals surface area contributed by atoms with E-state index in [-0.39, 0.29) is 24.8 Å². The minimum atomic E-state index is -0.244. The second-order valence-corrected chi connectivity index (χ2v) is 3.06. The quantitative estimate of drug-likeness (QED) is 0.279. The van der Waals surface area contributed by atoms with Gasteiger partial charge in [0.25, 0.3) is 0 Å². The number of nitrogens with one attached hydrogen (secondary N) is 2. The van der Waals surface area contributed by atoms with E-state index >= 15 is 0 Å². The molecule has 0 radical (unpaired) electrons. The van der Waals surface area contributed by atoms with Crippen LogP contribution in [0.25, 0.3) is 0 Å². The molecule has 6 nitrogen and oxygen atoms in total. The average Bonchev–Trinajstić information content (AvgIpc) is 2.29. The highest BCUT2D eigenvalue weighted by atomic mass is 16.6. The van der Waals surface area contributed by atoms with Crippen molar-refractivity contribution in [1.29, 1.82) is 0 Å². The van der Waals surface area contributed by atoms with E-state index in [4.69, 9.17) is 12.3 Å². The molecule has 0 rings (SSSR count). The first-order valence-corrected chi connectivity index (χ1v) is 4.99. The predicted octanol–water partition coefficient (Wildman–Crippen LogP) is -1.09. The van der Waals surface area contributed by atoms with E-state index in [1.807, 2.05) is 0 Å². The minimum absolute atomic E-state index is 0.0348. The van der Waals surface area contributed by atoms with Gasteiger partial charge in [0.2, 0.25) is 11.8 Å². The zero-order valence-electron chi connectivity index (χ0n) is 9.12. The molecule has 0 atom stereocenters. The number of hydrogen-bond donors (Lipinski definition) is 3. The monoisotopic (exact) mass is 227 g/mol. The van der Waals surface area contributed by atoms with Crippen LogP contribution in [0, 0.1) is 12.3 Å². The van der Waals surface area contributed by atoms with Gasteiger partial charge in [-0.05, 0) is 6.42 Å². The summed E-state index contributed by atoms with van der Waals surface area (Å²) >= 11 is 0. The smallest absolute Gasteiger partial charge is 0.239 e. The summed E-state index contributed by atoms with van der Waals surface area (Å²) in [6, 6.07) is 0. The van der Waals surface area contributed by atoms with Crippen molar-refractivity contribution in [3.05, 3.63) is 0 Å². The van der Waals surface area contributed by atoms with Gasteiger partial charge < -0.3 is 15.5 Å². The number of hydrogen-bond acceptors (Lipinski definition) is 4. The topological polar surface area (TPSA) is 93.5 Å². The van der Waals surface area contributed by atoms with Crippen molar-refractivity contribution < 1.29 is 14.4 Å². The molecule has 16 heavy (non-hydrogen) atoms. The summed E-state index contributed by atoms with van der Waals surface area (Å²) in [5.74, 6) is 6.68. The lowest BCUT2D eigenvalue weighted by atomic mass is 10.3. The molecule has 0 aliphatic heterocycles. The number of carbonyl (C=O) groups excluding carboxylic acids is 2. The first kappa shape index (κ1) is 14.4. The molecule has 0 aromatic carbocycles. The highest BCUT2D eigenvalue weighted by molar-refractivity contribution is 5.84. The van der Waals surface area contributed by atoms with Gasteiger partial charge in [-0.1, -0.05) is 0 Å². The molecule has 0 heterocycles. The van der Waals surface area contributed by atoms with E-state index in [2.05, 4.69) is 21.4 Å². The third-order valence-corrected chi connectivity index (χ3v) is 1.70. The van der Waals surface area contributed by atoms with Crippen LogP contribution in [0.5, 0.6) is 0 Å². The lowest BCUT2D eigenvalue weighted by Gasteiger charge is -2.05. The first-order valence-electron chi connectivity index (χ1n) is 4.99. The van der Waals surface area contributed by atoms with Crippen molar-refractivity contribution >= 4 is 11.8 Å². The SMILES string of the molecule is C#CCCC(=O)NCC(=O)NCCCON. The molecule has 0 bridgehead atoms. The van der Waals surface area contributed by atoms with Crippen LogP contribution in [0.1, 0.15) is 19.3 Å². The van der Waals surface area contributed by atoms with Gasteiger partial charge in [0, 0.05) is 19.4 Å². The molecule has 6 heteroatoms. The lowest BCUT2D eigenvalue weighted by Crippen LogP contribution is -2.37. The Kier molecular flexibility index (Phi) is 8.97. The van der Waals surface area contributed by atoms with Gasteiger partial charge in [0.15, 0.2) is 0 Å². The van der Waals surface area contributed by atoms with Crippen LogP contribution < -0.4 is 16.5 Å². The summed E-state index contributed by atoms with van der Waals surface area (Å²) in [5, 5.41) is 5.06. The number of terminal acetylenes is 1. The predicted molar refractivity (Wildman–Crippen MR) is 58.8 cm³/mol. The maximum absolute atomic E-state index is 11.1. The molecule has 0 saturated carbocycles. The molecule has 4 N–H and O–H groups in total. The van der Waals surface area contributed by atoms with E-state index in [0.717, 1.165) is 0 Å². The molecule has 0 unspecified atom stereocenters. The second-order valence-electron chi connectivity index (χ2n) is 3.06. The van der Waals surface area contributed by atoms with Gasteiger partial charge in [-0.3, -0.25) is 9.59 Å². The van der Waals surface area contributed by atoms with E-state index in [9.17, 15) is 9.59 Å². The molecule has 0 aromatic heterocycles. The van der Waals surface area contributed by atoms with Crippen LogP contribution in [0.15, 0.2) is 0 Å². The molecule has 0 spiro atoms. The average molecular weight is 227 g/mol. The van der Waals surface area contributed by atoms with Crippen LogP contribution in [0.3, 0.4) is 0 Å². The van der Waals surface area contributed by atoms with Crippen LogP contribution in [0.4, 0.5) is 0 Å². The number of amides is 2. The van der Waals surface area contributed by atoms with Crippen LogP contribution in [-0.2, 0) is 14.4 Å². The zero-order valence-corrected chi connectivity index (χ0v) is 9.12. The minimum Gasteiger partial charge on any atom is -0.354 e. The molecule has 0 saturated heterocycles. The van der Waals surface area contributed by atoms with Crippen LogP contribution in [0.2, 0.25) is 0 Å². The van der Waals surface area contributed by atoms with E-state index in [0.29, 0.717) is 26.0 Å². The van der Waals surface area contributed by atoms with E-state index in [1.165, 1.54) is 0 Å². The third-order valence-electron chi connectivity index (χ3n) is 1.70. The Labute approximate surface area is 94.9 Å². The Morgan fingerprint density at radius 3 is 2.69 bits per heavy atom. The Hall–Kier alpha value is -1.58. The van der Waals surface area contributed by atoms with Crippen LogP contribution in [-0.4, -0.2) is 31.5 Å². The van der Waals surface area contributed by atoms with Gasteiger partial charge in [-0.2, -0.15) is 0 Å². The molecule has 0 fully saturated rings. The molecule has 0 aliphatic rings. The molecular formula is C10H17N3O3. The van der Waals surface area contributed by atoms with Crippen molar-refractivity contribution in [2.45, 2.75) is 19.3 Å². The summed E-state index contributed by atoms with van der Waals surface area (Å²) < 4.78 is 0. The second kappa shape index (κ2) is 9.96. The fraction of sp³-hybridized carbons (Fsp3) is 0.600. The zero-order chi connectivity index (χ0) is 12.2. The number of carbonyl (C=O) groups is 2. The number of nitrogens with two attached hydrogens (primary N) is 1. The fourth-order valence-corrected chi connectivity index (χ4v) is 0.899. The molecule has 0 aromatic rings. The summed E-state index contributed by atoms with van der Waals surface area (Å²) in [5.41, 5.74) is 0. The molecule has 2 amide bonds. The maximum atomic E-state index is 11.1. The van der Waals surface area contributed by atoms with Gasteiger partial charge in [0.1, 0.15) is 0 Å². The standard InChI is InChI=1S/C10H17N3O3/c1-2-3-5-9(14)13-8-10(15)12-6-4-7-16-11/h1H,3-8,11H2,(H,12,15)(H,13,14). The van der Waals surface area contributed by atoms with Gasteiger partial charge >= 0.3 is 0 Å². The Bertz CT molecular complexity index is 261. The summed E-state index contributed by atoms with van der Waals surface area (Å²) in [6.45, 7) is 0.817. The van der Waals surface area contributed by atoms with Crippen molar-refractivity contribution in [3.63, 3.8) is 0 Å². The lowest BCUT2D eigenvalue weighted by molar-refractivity contribution is -0.126. The highest BCUT2D eigenvalue weighted by Gasteiger charge is 2.03. The van der Waals surface area contributed by atoms with Gasteiger partial charge in [-0.15, -0.1) is 12.3 Å². The normalized spacial score (nSPS) is 9.25. The molecule has 90 valence electrons. The van der Waals surface area contributed by atoms with E-state index in [1.54, 1.807) is 0 Å². The third kappa shape index (κ3) is 8.99. The Morgan fingerprint density at radius 1 is 1.31 bits per heavy atom. The van der Waals surface area contributed by atoms with Crippen molar-refractivity contribution in [2.24, 2.45) is 5.90 Å². The van der Waals surface area contributed by atoms with Crippen LogP contribution >= 0.6 is 0 Å².